The summed E-state index contributed by atoms with van der Waals surface area (Å²) < 4.78 is 5.39. The number of ether oxygens (including phenoxy) is 1. The summed E-state index contributed by atoms with van der Waals surface area (Å²) in [6.45, 7) is 4.80. The summed E-state index contributed by atoms with van der Waals surface area (Å²) >= 11 is 7.97. The van der Waals surface area contributed by atoms with Gasteiger partial charge >= 0.3 is 0 Å². The predicted octanol–water partition coefficient (Wildman–Crippen LogP) is 3.77. The van der Waals surface area contributed by atoms with Gasteiger partial charge in [-0.3, -0.25) is 4.90 Å². The van der Waals surface area contributed by atoms with Gasteiger partial charge in [0.05, 0.1) is 34.5 Å². The minimum atomic E-state index is 0.231. The number of aromatic nitrogens is 3. The first-order chi connectivity index (χ1) is 13.7. The minimum Gasteiger partial charge on any atom is -0.379 e. The molecule has 0 bridgehead atoms. The highest BCUT2D eigenvalue weighted by molar-refractivity contribution is 7.15. The van der Waals surface area contributed by atoms with Gasteiger partial charge in [-0.15, -0.1) is 11.3 Å². The second-order valence-corrected chi connectivity index (χ2v) is 8.17. The fourth-order valence-electron chi connectivity index (χ4n) is 3.22. The Morgan fingerprint density at radius 3 is 2.75 bits per heavy atom. The van der Waals surface area contributed by atoms with Crippen LogP contribution in [0.1, 0.15) is 11.4 Å². The van der Waals surface area contributed by atoms with E-state index in [1.54, 1.807) is 11.3 Å². The lowest BCUT2D eigenvalue weighted by molar-refractivity contribution is 0.0374. The van der Waals surface area contributed by atoms with Crippen LogP contribution in [0.2, 0.25) is 5.02 Å². The Labute approximate surface area is 173 Å². The molecule has 3 aromatic rings. The molecule has 0 saturated carbocycles. The lowest BCUT2D eigenvalue weighted by Crippen LogP contribution is -2.36. The van der Waals surface area contributed by atoms with Crippen LogP contribution < -0.4 is 5.73 Å². The van der Waals surface area contributed by atoms with E-state index in [-0.39, 0.29) is 5.95 Å². The molecule has 1 aliphatic rings. The van der Waals surface area contributed by atoms with Crippen molar-refractivity contribution in [3.05, 3.63) is 46.6 Å². The number of morpholine rings is 1. The van der Waals surface area contributed by atoms with Crippen molar-refractivity contribution in [1.29, 1.82) is 0 Å². The Bertz CT molecular complexity index is 942. The van der Waals surface area contributed by atoms with Crippen molar-refractivity contribution in [2.24, 2.45) is 0 Å². The fraction of sp³-hybridized carbons (Fsp3) is 0.350. The van der Waals surface area contributed by atoms with Crippen LogP contribution in [0.3, 0.4) is 0 Å². The number of rotatable bonds is 6. The van der Waals surface area contributed by atoms with Crippen LogP contribution in [0, 0.1) is 0 Å². The van der Waals surface area contributed by atoms with E-state index in [2.05, 4.69) is 19.9 Å². The van der Waals surface area contributed by atoms with Gasteiger partial charge in [-0.25, -0.2) is 15.0 Å². The van der Waals surface area contributed by atoms with Crippen LogP contribution in [0.4, 0.5) is 5.95 Å². The van der Waals surface area contributed by atoms with Crippen molar-refractivity contribution in [3.8, 4) is 21.8 Å². The van der Waals surface area contributed by atoms with Crippen molar-refractivity contribution in [2.75, 3.05) is 38.6 Å². The molecule has 1 aromatic carbocycles. The van der Waals surface area contributed by atoms with Crippen LogP contribution in [-0.4, -0.2) is 52.7 Å². The van der Waals surface area contributed by atoms with Crippen molar-refractivity contribution >= 4 is 28.9 Å². The zero-order valence-corrected chi connectivity index (χ0v) is 17.0. The average Bonchev–Trinajstić information content (AvgIpc) is 3.18. The molecule has 2 N–H and O–H groups in total. The number of halogens is 1. The smallest absolute Gasteiger partial charge is 0.221 e. The molecular weight excluding hydrogens is 394 g/mol. The van der Waals surface area contributed by atoms with Gasteiger partial charge in [-0.1, -0.05) is 29.8 Å². The summed E-state index contributed by atoms with van der Waals surface area (Å²) in [5, 5.41) is 1.75. The van der Waals surface area contributed by atoms with Crippen molar-refractivity contribution in [1.82, 2.24) is 19.9 Å². The SMILES string of the molecule is Nc1nc(-c2cnc(CCCN3CCOCC3)s2)cc(-c2ccccc2Cl)n1. The number of nitrogens with two attached hydrogens (primary N) is 1. The van der Waals surface area contributed by atoms with Crippen LogP contribution in [0.25, 0.3) is 21.8 Å². The van der Waals surface area contributed by atoms with E-state index in [0.717, 1.165) is 72.5 Å². The molecule has 0 atom stereocenters. The second kappa shape index (κ2) is 8.96. The number of hydrogen-bond donors (Lipinski definition) is 1. The molecular formula is C20H22ClN5OS. The third-order valence-corrected chi connectivity index (χ3v) is 6.08. The molecule has 6 nitrogen and oxygen atoms in total. The van der Waals surface area contributed by atoms with Gasteiger partial charge in [-0.05, 0) is 25.1 Å². The van der Waals surface area contributed by atoms with E-state index in [0.29, 0.717) is 5.02 Å². The van der Waals surface area contributed by atoms with Crippen LogP contribution in [0.5, 0.6) is 0 Å². The molecule has 146 valence electrons. The largest absolute Gasteiger partial charge is 0.379 e. The maximum Gasteiger partial charge on any atom is 0.221 e. The molecule has 1 fully saturated rings. The van der Waals surface area contributed by atoms with Crippen LogP contribution >= 0.6 is 22.9 Å². The quantitative estimate of drug-likeness (QED) is 0.660. The Hall–Kier alpha value is -2.06. The third kappa shape index (κ3) is 4.67. The summed E-state index contributed by atoms with van der Waals surface area (Å²) in [6.07, 6.45) is 3.91. The molecule has 0 radical (unpaired) electrons. The highest BCUT2D eigenvalue weighted by Crippen LogP contribution is 2.31. The van der Waals surface area contributed by atoms with Crippen LogP contribution in [0.15, 0.2) is 36.5 Å². The summed E-state index contributed by atoms with van der Waals surface area (Å²) in [5.41, 5.74) is 8.29. The number of benzene rings is 1. The topological polar surface area (TPSA) is 77.2 Å². The third-order valence-electron chi connectivity index (χ3n) is 4.67. The minimum absolute atomic E-state index is 0.231. The maximum atomic E-state index is 6.31. The predicted molar refractivity (Wildman–Crippen MR) is 114 cm³/mol. The monoisotopic (exact) mass is 415 g/mol. The van der Waals surface area contributed by atoms with Crippen molar-refractivity contribution in [3.63, 3.8) is 0 Å². The average molecular weight is 416 g/mol. The summed E-state index contributed by atoms with van der Waals surface area (Å²) in [6, 6.07) is 9.51. The van der Waals surface area contributed by atoms with E-state index in [1.807, 2.05) is 36.5 Å². The Kier molecular flexibility index (Phi) is 6.17. The summed E-state index contributed by atoms with van der Waals surface area (Å²) in [5.74, 6) is 0.231. The molecule has 4 rings (SSSR count). The Morgan fingerprint density at radius 1 is 1.14 bits per heavy atom. The highest BCUT2D eigenvalue weighted by atomic mass is 35.5. The van der Waals surface area contributed by atoms with Gasteiger partial charge in [0.25, 0.3) is 0 Å². The van der Waals surface area contributed by atoms with Gasteiger partial charge in [0, 0.05) is 36.3 Å². The molecule has 0 aliphatic carbocycles. The van der Waals surface area contributed by atoms with Crippen molar-refractivity contribution in [2.45, 2.75) is 12.8 Å². The first-order valence-electron chi connectivity index (χ1n) is 9.34. The zero-order chi connectivity index (χ0) is 19.3. The number of nitrogen functional groups attached to an aromatic ring is 1. The van der Waals surface area contributed by atoms with Crippen molar-refractivity contribution < 1.29 is 4.74 Å². The molecule has 8 heteroatoms. The summed E-state index contributed by atoms with van der Waals surface area (Å²) in [4.78, 5) is 16.8. The molecule has 28 heavy (non-hydrogen) atoms. The molecule has 1 saturated heterocycles. The lowest BCUT2D eigenvalue weighted by atomic mass is 10.1. The number of nitrogens with zero attached hydrogens (tertiary/aromatic N) is 4. The molecule has 0 unspecified atom stereocenters. The van der Waals surface area contributed by atoms with Crippen LogP contribution in [-0.2, 0) is 11.2 Å². The normalized spacial score (nSPS) is 15.0. The molecule has 0 spiro atoms. The molecule has 3 heterocycles. The van der Waals surface area contributed by atoms with E-state index in [9.17, 15) is 0 Å². The van der Waals surface area contributed by atoms with Gasteiger partial charge in [-0.2, -0.15) is 0 Å². The van der Waals surface area contributed by atoms with Gasteiger partial charge in [0.1, 0.15) is 0 Å². The number of hydrogen-bond acceptors (Lipinski definition) is 7. The Balaban J connectivity index is 1.46. The second-order valence-electron chi connectivity index (χ2n) is 6.65. The first kappa shape index (κ1) is 19.3. The fourth-order valence-corrected chi connectivity index (χ4v) is 4.37. The Morgan fingerprint density at radius 2 is 1.93 bits per heavy atom. The van der Waals surface area contributed by atoms with Gasteiger partial charge in [0.15, 0.2) is 0 Å². The molecule has 1 aliphatic heterocycles. The standard InChI is InChI=1S/C20H22ClN5OS/c21-15-5-2-1-4-14(15)16-12-17(25-20(22)24-16)18-13-23-19(28-18)6-3-7-26-8-10-27-11-9-26/h1-2,4-5,12-13H,3,6-11H2,(H2,22,24,25). The van der Waals surface area contributed by atoms with Gasteiger partial charge < -0.3 is 10.5 Å². The van der Waals surface area contributed by atoms with E-state index in [4.69, 9.17) is 22.1 Å². The number of aryl methyl sites for hydroxylation is 1. The lowest BCUT2D eigenvalue weighted by Gasteiger charge is -2.26. The van der Waals surface area contributed by atoms with E-state index < -0.39 is 0 Å². The van der Waals surface area contributed by atoms with E-state index in [1.165, 1.54) is 0 Å². The first-order valence-corrected chi connectivity index (χ1v) is 10.5. The summed E-state index contributed by atoms with van der Waals surface area (Å²) in [7, 11) is 0. The van der Waals surface area contributed by atoms with E-state index >= 15 is 0 Å². The molecule has 2 aromatic heterocycles. The zero-order valence-electron chi connectivity index (χ0n) is 15.5. The molecule has 0 amide bonds. The van der Waals surface area contributed by atoms with Gasteiger partial charge in [0.2, 0.25) is 5.95 Å². The number of anilines is 1. The highest BCUT2D eigenvalue weighted by Gasteiger charge is 2.13. The number of thiazole rings is 1. The maximum absolute atomic E-state index is 6.31.